The fraction of sp³-hybridized carbons (Fsp3) is 0.353. The van der Waals surface area contributed by atoms with Crippen LogP contribution >= 0.6 is 15.9 Å². The summed E-state index contributed by atoms with van der Waals surface area (Å²) in [5, 5.41) is 7.11. The predicted octanol–water partition coefficient (Wildman–Crippen LogP) is 3.74. The third-order valence-corrected chi connectivity index (χ3v) is 4.82. The largest absolute Gasteiger partial charge is 0.340 e. The maximum absolute atomic E-state index is 12.4. The Bertz CT molecular complexity index is 733. The lowest BCUT2D eigenvalue weighted by molar-refractivity contribution is -0.118. The van der Waals surface area contributed by atoms with E-state index in [9.17, 15) is 4.79 Å². The Kier molecular flexibility index (Phi) is 4.61. The van der Waals surface area contributed by atoms with Gasteiger partial charge < -0.3 is 9.84 Å². The van der Waals surface area contributed by atoms with Crippen molar-refractivity contribution in [3.8, 4) is 0 Å². The minimum atomic E-state index is -0.507. The van der Waals surface area contributed by atoms with E-state index >= 15 is 0 Å². The lowest BCUT2D eigenvalue weighted by atomic mass is 9.96. The summed E-state index contributed by atoms with van der Waals surface area (Å²) in [6.07, 6.45) is 7.10. The molecule has 23 heavy (non-hydrogen) atoms. The number of halogens is 1. The molecule has 0 bridgehead atoms. The van der Waals surface area contributed by atoms with Crippen LogP contribution in [0.25, 0.3) is 6.08 Å². The molecular weight excluding hydrogens is 358 g/mol. The average Bonchev–Trinajstić information content (AvgIpc) is 3.16. The molecule has 2 aromatic rings. The molecule has 1 fully saturated rings. The van der Waals surface area contributed by atoms with Crippen molar-refractivity contribution in [2.24, 2.45) is 0 Å². The molecule has 5 nitrogen and oxygen atoms in total. The van der Waals surface area contributed by atoms with E-state index in [0.29, 0.717) is 11.7 Å². The van der Waals surface area contributed by atoms with Crippen molar-refractivity contribution in [3.63, 3.8) is 0 Å². The molecular formula is C17H18BrN3O2. The van der Waals surface area contributed by atoms with Gasteiger partial charge in [-0.15, -0.1) is 0 Å². The van der Waals surface area contributed by atoms with Gasteiger partial charge in [-0.2, -0.15) is 4.98 Å². The van der Waals surface area contributed by atoms with Gasteiger partial charge >= 0.3 is 0 Å². The minimum absolute atomic E-state index is 0.148. The quantitative estimate of drug-likeness (QED) is 0.826. The second-order valence-electron chi connectivity index (χ2n) is 5.77. The number of aromatic nitrogens is 2. The van der Waals surface area contributed by atoms with Crippen molar-refractivity contribution in [1.29, 1.82) is 0 Å². The zero-order valence-corrected chi connectivity index (χ0v) is 14.5. The summed E-state index contributed by atoms with van der Waals surface area (Å²) in [4.78, 5) is 16.7. The fourth-order valence-corrected chi connectivity index (χ4v) is 3.35. The van der Waals surface area contributed by atoms with Crippen molar-refractivity contribution >= 4 is 27.9 Å². The molecule has 0 radical (unpaired) electrons. The van der Waals surface area contributed by atoms with Crippen LogP contribution in [0.4, 0.5) is 0 Å². The third kappa shape index (κ3) is 3.52. The van der Waals surface area contributed by atoms with E-state index in [1.165, 1.54) is 0 Å². The summed E-state index contributed by atoms with van der Waals surface area (Å²) < 4.78 is 6.04. The van der Waals surface area contributed by atoms with Gasteiger partial charge in [0.1, 0.15) is 5.54 Å². The molecule has 1 aromatic heterocycles. The van der Waals surface area contributed by atoms with Crippen LogP contribution in [0.2, 0.25) is 0 Å². The molecule has 1 N–H and O–H groups in total. The number of nitrogens with one attached hydrogen (secondary N) is 1. The second-order valence-corrected chi connectivity index (χ2v) is 6.62. The molecule has 1 saturated carbocycles. The molecule has 0 atom stereocenters. The van der Waals surface area contributed by atoms with Crippen LogP contribution in [0, 0.1) is 6.92 Å². The number of aryl methyl sites for hydroxylation is 1. The summed E-state index contributed by atoms with van der Waals surface area (Å²) in [5.41, 5.74) is 0.450. The molecule has 0 saturated heterocycles. The average molecular weight is 376 g/mol. The molecule has 3 rings (SSSR count). The number of carbonyl (C=O) groups excluding carboxylic acids is 1. The first-order valence-corrected chi connectivity index (χ1v) is 8.44. The van der Waals surface area contributed by atoms with Gasteiger partial charge in [0.25, 0.3) is 0 Å². The van der Waals surface area contributed by atoms with Crippen LogP contribution in [-0.2, 0) is 10.3 Å². The van der Waals surface area contributed by atoms with Crippen LogP contribution < -0.4 is 5.32 Å². The Labute approximate surface area is 143 Å². The first kappa shape index (κ1) is 15.9. The van der Waals surface area contributed by atoms with Crippen LogP contribution in [0.15, 0.2) is 39.3 Å². The Hall–Kier alpha value is -1.95. The SMILES string of the molecule is Cc1nc(C2(NC(=O)/C=C/c3ccccc3Br)CCCC2)no1. The number of nitrogens with zero attached hydrogens (tertiary/aromatic N) is 2. The van der Waals surface area contributed by atoms with Crippen LogP contribution in [0.5, 0.6) is 0 Å². The van der Waals surface area contributed by atoms with E-state index in [1.807, 2.05) is 24.3 Å². The highest BCUT2D eigenvalue weighted by Crippen LogP contribution is 2.37. The van der Waals surface area contributed by atoms with E-state index in [0.717, 1.165) is 35.7 Å². The normalized spacial score (nSPS) is 16.8. The minimum Gasteiger partial charge on any atom is -0.340 e. The van der Waals surface area contributed by atoms with Gasteiger partial charge in [0.15, 0.2) is 5.82 Å². The van der Waals surface area contributed by atoms with Crippen molar-refractivity contribution < 1.29 is 9.32 Å². The predicted molar refractivity (Wildman–Crippen MR) is 90.5 cm³/mol. The Balaban J connectivity index is 1.76. The maximum Gasteiger partial charge on any atom is 0.244 e. The van der Waals surface area contributed by atoms with Gasteiger partial charge in [0.05, 0.1) is 0 Å². The third-order valence-electron chi connectivity index (χ3n) is 4.09. The van der Waals surface area contributed by atoms with E-state index in [-0.39, 0.29) is 5.91 Å². The lowest BCUT2D eigenvalue weighted by Gasteiger charge is -2.25. The number of hydrogen-bond donors (Lipinski definition) is 1. The molecule has 0 aliphatic heterocycles. The number of amides is 1. The van der Waals surface area contributed by atoms with Gasteiger partial charge in [-0.25, -0.2) is 0 Å². The molecule has 1 aliphatic carbocycles. The van der Waals surface area contributed by atoms with E-state index in [4.69, 9.17) is 4.52 Å². The molecule has 6 heteroatoms. The summed E-state index contributed by atoms with van der Waals surface area (Å²) in [5.74, 6) is 0.949. The van der Waals surface area contributed by atoms with Gasteiger partial charge in [0, 0.05) is 17.5 Å². The molecule has 120 valence electrons. The van der Waals surface area contributed by atoms with Gasteiger partial charge in [0.2, 0.25) is 11.8 Å². The van der Waals surface area contributed by atoms with Crippen molar-refractivity contribution in [3.05, 3.63) is 52.1 Å². The fourth-order valence-electron chi connectivity index (χ4n) is 2.93. The smallest absolute Gasteiger partial charge is 0.244 e. The van der Waals surface area contributed by atoms with Crippen LogP contribution in [0.3, 0.4) is 0 Å². The first-order chi connectivity index (χ1) is 11.1. The lowest BCUT2D eigenvalue weighted by Crippen LogP contribution is -2.44. The molecule has 0 spiro atoms. The van der Waals surface area contributed by atoms with Crippen molar-refractivity contribution in [1.82, 2.24) is 15.5 Å². The van der Waals surface area contributed by atoms with Crippen molar-refractivity contribution in [2.75, 3.05) is 0 Å². The topological polar surface area (TPSA) is 68.0 Å². The first-order valence-electron chi connectivity index (χ1n) is 7.65. The van der Waals surface area contributed by atoms with E-state index < -0.39 is 5.54 Å². The number of carbonyl (C=O) groups is 1. The number of benzene rings is 1. The van der Waals surface area contributed by atoms with Gasteiger partial charge in [-0.05, 0) is 30.5 Å². The number of rotatable bonds is 4. The van der Waals surface area contributed by atoms with Gasteiger partial charge in [-0.1, -0.05) is 52.1 Å². The highest BCUT2D eigenvalue weighted by molar-refractivity contribution is 9.10. The molecule has 1 amide bonds. The van der Waals surface area contributed by atoms with E-state index in [1.54, 1.807) is 19.1 Å². The molecule has 1 heterocycles. The summed E-state index contributed by atoms with van der Waals surface area (Å²) in [6.45, 7) is 1.76. The van der Waals surface area contributed by atoms with Crippen molar-refractivity contribution in [2.45, 2.75) is 38.1 Å². The monoisotopic (exact) mass is 375 g/mol. The number of hydrogen-bond acceptors (Lipinski definition) is 4. The molecule has 1 aliphatic rings. The van der Waals surface area contributed by atoms with E-state index in [2.05, 4.69) is 31.4 Å². The second kappa shape index (κ2) is 6.66. The van der Waals surface area contributed by atoms with Crippen LogP contribution in [0.1, 0.15) is 43.0 Å². The zero-order chi connectivity index (χ0) is 16.3. The molecule has 0 unspecified atom stereocenters. The zero-order valence-electron chi connectivity index (χ0n) is 12.9. The Morgan fingerprint density at radius 1 is 1.35 bits per heavy atom. The highest BCUT2D eigenvalue weighted by Gasteiger charge is 2.40. The molecule has 1 aromatic carbocycles. The maximum atomic E-state index is 12.4. The Morgan fingerprint density at radius 3 is 2.74 bits per heavy atom. The summed E-state index contributed by atoms with van der Waals surface area (Å²) in [7, 11) is 0. The standard InChI is InChI=1S/C17H18BrN3O2/c1-12-19-16(21-23-12)17(10-4-5-11-17)20-15(22)9-8-13-6-2-3-7-14(13)18/h2-3,6-9H,4-5,10-11H2,1H3,(H,20,22)/b9-8+. The highest BCUT2D eigenvalue weighted by atomic mass is 79.9. The summed E-state index contributed by atoms with van der Waals surface area (Å²) >= 11 is 3.47. The van der Waals surface area contributed by atoms with Gasteiger partial charge in [-0.3, -0.25) is 4.79 Å². The summed E-state index contributed by atoms with van der Waals surface area (Å²) in [6, 6.07) is 7.76. The Morgan fingerprint density at radius 2 is 2.09 bits per heavy atom. The van der Waals surface area contributed by atoms with Crippen LogP contribution in [-0.4, -0.2) is 16.0 Å².